The van der Waals surface area contributed by atoms with Gasteiger partial charge in [0.2, 0.25) is 0 Å². The van der Waals surface area contributed by atoms with E-state index in [1.54, 1.807) is 0 Å². The highest BCUT2D eigenvalue weighted by molar-refractivity contribution is 7.91. The van der Waals surface area contributed by atoms with E-state index in [9.17, 15) is 30.8 Å². The maximum absolute atomic E-state index is 13.3. The van der Waals surface area contributed by atoms with Crippen molar-refractivity contribution in [2.45, 2.75) is 37.2 Å². The van der Waals surface area contributed by atoms with E-state index in [4.69, 9.17) is 0 Å². The number of amides is 1. The molecule has 1 atom stereocenters. The molecule has 2 N–H and O–H groups in total. The summed E-state index contributed by atoms with van der Waals surface area (Å²) in [4.78, 5) is 12.7. The van der Waals surface area contributed by atoms with Crippen LogP contribution in [0.1, 0.15) is 27.7 Å². The van der Waals surface area contributed by atoms with E-state index < -0.39 is 38.2 Å². The van der Waals surface area contributed by atoms with Crippen LogP contribution in [0.2, 0.25) is 0 Å². The predicted octanol–water partition coefficient (Wildman–Crippen LogP) is 3.99. The number of carbonyl (C=O) groups is 1. The number of nitrogens with one attached hydrogen (secondary N) is 2. The van der Waals surface area contributed by atoms with Crippen molar-refractivity contribution in [2.24, 2.45) is 0 Å². The number of rotatable bonds is 5. The summed E-state index contributed by atoms with van der Waals surface area (Å²) in [7, 11) is -4.44. The van der Waals surface area contributed by atoms with E-state index in [-0.39, 0.29) is 5.56 Å². The number of hydrogen-bond acceptors (Lipinski definition) is 4. The fraction of sp³-hybridized carbons (Fsp3) is 0.312. The van der Waals surface area contributed by atoms with Crippen LogP contribution in [0, 0.1) is 19.7 Å². The van der Waals surface area contributed by atoms with Gasteiger partial charge in [-0.05, 0) is 50.6 Å². The minimum absolute atomic E-state index is 0.00187. The van der Waals surface area contributed by atoms with Gasteiger partial charge in [-0.3, -0.25) is 4.79 Å². The van der Waals surface area contributed by atoms with Crippen LogP contribution in [-0.4, -0.2) is 26.5 Å². The number of alkyl halides is 3. The van der Waals surface area contributed by atoms with Gasteiger partial charge in [0.15, 0.2) is 0 Å². The van der Waals surface area contributed by atoms with Crippen molar-refractivity contribution >= 4 is 33.0 Å². The van der Waals surface area contributed by atoms with Crippen LogP contribution in [0.25, 0.3) is 0 Å². The standard InChI is InChI=1S/C16H16F4N2O3S2/c1-8-6-11(4-5-13(8)17)21-15(23)12-7-14(26-9(12)2)27(24,25)22-10(3)16(18,19)20/h4-7,10,22H,1-3H3,(H,21,23)/t10-/m1/s1. The third-order valence-corrected chi connectivity index (χ3v) is 6.71. The minimum atomic E-state index is -4.74. The smallest absolute Gasteiger partial charge is 0.322 e. The maximum Gasteiger partial charge on any atom is 0.404 e. The lowest BCUT2D eigenvalue weighted by molar-refractivity contribution is -0.147. The Morgan fingerprint density at radius 3 is 2.37 bits per heavy atom. The molecule has 2 rings (SSSR count). The third-order valence-electron chi connectivity index (χ3n) is 3.64. The van der Waals surface area contributed by atoms with E-state index >= 15 is 0 Å². The van der Waals surface area contributed by atoms with Gasteiger partial charge in [0, 0.05) is 10.6 Å². The molecule has 148 valence electrons. The summed E-state index contributed by atoms with van der Waals surface area (Å²) < 4.78 is 76.5. The first kappa shape index (κ1) is 21.3. The average molecular weight is 424 g/mol. The van der Waals surface area contributed by atoms with Crippen LogP contribution in [0.5, 0.6) is 0 Å². The Bertz CT molecular complexity index is 969. The number of aryl methyl sites for hydroxylation is 2. The summed E-state index contributed by atoms with van der Waals surface area (Å²) in [6.07, 6.45) is -4.74. The molecule has 0 aliphatic carbocycles. The zero-order chi connectivity index (χ0) is 20.6. The van der Waals surface area contributed by atoms with E-state index in [0.29, 0.717) is 34.4 Å². The Balaban J connectivity index is 2.24. The number of hydrogen-bond donors (Lipinski definition) is 2. The highest BCUT2D eigenvalue weighted by Crippen LogP contribution is 2.28. The molecule has 27 heavy (non-hydrogen) atoms. The minimum Gasteiger partial charge on any atom is -0.322 e. The lowest BCUT2D eigenvalue weighted by atomic mass is 10.2. The van der Waals surface area contributed by atoms with E-state index in [2.05, 4.69) is 5.32 Å². The molecule has 2 aromatic rings. The maximum atomic E-state index is 13.3. The molecule has 1 amide bonds. The molecule has 0 fully saturated rings. The number of carbonyl (C=O) groups excluding carboxylic acids is 1. The first-order valence-electron chi connectivity index (χ1n) is 7.58. The lowest BCUT2D eigenvalue weighted by Crippen LogP contribution is -2.42. The molecule has 0 bridgehead atoms. The van der Waals surface area contributed by atoms with Crippen molar-refractivity contribution in [3.63, 3.8) is 0 Å². The van der Waals surface area contributed by atoms with E-state index in [1.165, 1.54) is 36.8 Å². The summed E-state index contributed by atoms with van der Waals surface area (Å²) in [6.45, 7) is 3.67. The molecular formula is C16H16F4N2O3S2. The summed E-state index contributed by atoms with van der Waals surface area (Å²) >= 11 is 0.680. The second-order valence-corrected chi connectivity index (χ2v) is 9.04. The Morgan fingerprint density at radius 2 is 1.81 bits per heavy atom. The largest absolute Gasteiger partial charge is 0.404 e. The Kier molecular flexibility index (Phi) is 5.97. The molecule has 1 aromatic heterocycles. The second-order valence-electron chi connectivity index (χ2n) is 5.84. The van der Waals surface area contributed by atoms with Crippen LogP contribution < -0.4 is 10.0 Å². The van der Waals surface area contributed by atoms with Gasteiger partial charge in [-0.25, -0.2) is 12.8 Å². The van der Waals surface area contributed by atoms with Crippen molar-refractivity contribution in [1.82, 2.24) is 4.72 Å². The average Bonchev–Trinajstić information content (AvgIpc) is 2.92. The monoisotopic (exact) mass is 424 g/mol. The SMILES string of the molecule is Cc1cc(NC(=O)c2cc(S(=O)(=O)N[C@H](C)C(F)(F)F)sc2C)ccc1F. The molecule has 0 spiro atoms. The molecule has 0 radical (unpaired) electrons. The first-order chi connectivity index (χ1) is 12.3. The lowest BCUT2D eigenvalue weighted by Gasteiger charge is -2.16. The van der Waals surface area contributed by atoms with Crippen molar-refractivity contribution in [3.8, 4) is 0 Å². The fourth-order valence-corrected chi connectivity index (χ4v) is 4.78. The number of thiophene rings is 1. The second kappa shape index (κ2) is 7.56. The van der Waals surface area contributed by atoms with Gasteiger partial charge in [0.1, 0.15) is 16.1 Å². The zero-order valence-corrected chi connectivity index (χ0v) is 16.1. The molecule has 1 heterocycles. The van der Waals surface area contributed by atoms with E-state index in [1.807, 2.05) is 0 Å². The van der Waals surface area contributed by atoms with Gasteiger partial charge in [-0.2, -0.15) is 17.9 Å². The fourth-order valence-electron chi connectivity index (χ4n) is 2.09. The number of halogens is 4. The topological polar surface area (TPSA) is 75.3 Å². The van der Waals surface area contributed by atoms with E-state index in [0.717, 1.165) is 6.07 Å². The van der Waals surface area contributed by atoms with Crippen LogP contribution in [0.3, 0.4) is 0 Å². The Hall–Kier alpha value is -1.98. The summed E-state index contributed by atoms with van der Waals surface area (Å²) in [5, 5.41) is 2.50. The summed E-state index contributed by atoms with van der Waals surface area (Å²) in [5.74, 6) is -1.10. The number of anilines is 1. The normalized spacial score (nSPS) is 13.4. The number of sulfonamides is 1. The van der Waals surface area contributed by atoms with Crippen molar-refractivity contribution < 1.29 is 30.8 Å². The number of benzene rings is 1. The molecule has 11 heteroatoms. The van der Waals surface area contributed by atoms with Crippen molar-refractivity contribution in [2.75, 3.05) is 5.32 Å². The van der Waals surface area contributed by atoms with Gasteiger partial charge >= 0.3 is 6.18 Å². The molecule has 0 saturated heterocycles. The van der Waals surface area contributed by atoms with Crippen LogP contribution >= 0.6 is 11.3 Å². The van der Waals surface area contributed by atoms with Crippen LogP contribution in [0.4, 0.5) is 23.2 Å². The van der Waals surface area contributed by atoms with Crippen molar-refractivity contribution in [1.29, 1.82) is 0 Å². The molecule has 0 unspecified atom stereocenters. The Morgan fingerprint density at radius 1 is 1.19 bits per heavy atom. The van der Waals surface area contributed by atoms with Crippen molar-refractivity contribution in [3.05, 3.63) is 46.1 Å². The van der Waals surface area contributed by atoms with Gasteiger partial charge in [0.05, 0.1) is 5.56 Å². The molecule has 1 aromatic carbocycles. The molecule has 5 nitrogen and oxygen atoms in total. The van der Waals surface area contributed by atoms with Gasteiger partial charge in [-0.15, -0.1) is 11.3 Å². The van der Waals surface area contributed by atoms with Crippen LogP contribution in [0.15, 0.2) is 28.5 Å². The first-order valence-corrected chi connectivity index (χ1v) is 9.88. The predicted molar refractivity (Wildman–Crippen MR) is 94.0 cm³/mol. The molecule has 0 saturated carbocycles. The Labute approximate surface area is 157 Å². The molecule has 0 aliphatic rings. The highest BCUT2D eigenvalue weighted by Gasteiger charge is 2.39. The van der Waals surface area contributed by atoms with Gasteiger partial charge in [-0.1, -0.05) is 0 Å². The molecule has 0 aliphatic heterocycles. The van der Waals surface area contributed by atoms with Gasteiger partial charge < -0.3 is 5.32 Å². The van der Waals surface area contributed by atoms with Crippen LogP contribution in [-0.2, 0) is 10.0 Å². The molecular weight excluding hydrogens is 408 g/mol. The third kappa shape index (κ3) is 5.05. The quantitative estimate of drug-likeness (QED) is 0.713. The van der Waals surface area contributed by atoms with Gasteiger partial charge in [0.25, 0.3) is 15.9 Å². The highest BCUT2D eigenvalue weighted by atomic mass is 32.2. The summed E-state index contributed by atoms with van der Waals surface area (Å²) in [5.41, 5.74) is 0.614. The zero-order valence-electron chi connectivity index (χ0n) is 14.4. The summed E-state index contributed by atoms with van der Waals surface area (Å²) in [6, 6.07) is 2.65.